The molecular weight excluding hydrogens is 856 g/mol. The van der Waals surface area contributed by atoms with Gasteiger partial charge in [-0.3, -0.25) is 0 Å². The second-order valence-corrected chi connectivity index (χ2v) is 14.1. The van der Waals surface area contributed by atoms with Gasteiger partial charge in [0.25, 0.3) is 11.2 Å². The Labute approximate surface area is 327 Å². The highest BCUT2D eigenvalue weighted by molar-refractivity contribution is 9.08. The van der Waals surface area contributed by atoms with Crippen LogP contribution >= 0.6 is 62.3 Å². The summed E-state index contributed by atoms with van der Waals surface area (Å²) in [5.74, 6) is 0. The number of hydrogen-bond donors (Lipinski definition) is 0. The summed E-state index contributed by atoms with van der Waals surface area (Å²) in [6.07, 6.45) is -10.6. The van der Waals surface area contributed by atoms with E-state index in [1.165, 1.54) is 48.5 Å². The number of aryl methyl sites for hydroxylation is 1. The van der Waals surface area contributed by atoms with E-state index in [9.17, 15) is 26.3 Å². The van der Waals surface area contributed by atoms with Crippen molar-refractivity contribution in [3.05, 3.63) is 137 Å². The molecule has 2 aliphatic heterocycles. The quantitative estimate of drug-likeness (QED) is 0.147. The Hall–Kier alpha value is -3.98. The maximum absolute atomic E-state index is 14.0. The smallest absolute Gasteiger partial charge is 0.374 e. The number of oxime groups is 2. The van der Waals surface area contributed by atoms with Crippen LogP contribution in [0.15, 0.2) is 83.1 Å². The van der Waals surface area contributed by atoms with Crippen LogP contribution in [0.4, 0.5) is 26.3 Å². The third-order valence-corrected chi connectivity index (χ3v) is 9.89. The van der Waals surface area contributed by atoms with Gasteiger partial charge in [-0.1, -0.05) is 84.8 Å². The predicted molar refractivity (Wildman–Crippen MR) is 193 cm³/mol. The molecule has 2 unspecified atom stereocenters. The van der Waals surface area contributed by atoms with Crippen molar-refractivity contribution >= 4 is 73.8 Å². The highest BCUT2D eigenvalue weighted by Gasteiger charge is 2.63. The Bertz CT molecular complexity index is 2190. The first kappa shape index (κ1) is 40.2. The minimum absolute atomic E-state index is 0.0677. The fraction of sp³-hybridized carbons (Fsp3) is 0.222. The lowest BCUT2D eigenvalue weighted by atomic mass is 9.86. The maximum Gasteiger partial charge on any atom is 0.435 e. The minimum Gasteiger partial charge on any atom is -0.374 e. The van der Waals surface area contributed by atoms with Gasteiger partial charge in [0, 0.05) is 49.4 Å². The average Bonchev–Trinajstić information content (AvgIpc) is 3.75. The van der Waals surface area contributed by atoms with Crippen molar-refractivity contribution in [2.75, 3.05) is 0 Å². The minimum atomic E-state index is -4.75. The zero-order valence-electron chi connectivity index (χ0n) is 26.8. The summed E-state index contributed by atoms with van der Waals surface area (Å²) in [6.45, 7) is 1.70. The van der Waals surface area contributed by atoms with Gasteiger partial charge in [-0.2, -0.15) is 36.9 Å². The van der Waals surface area contributed by atoms with E-state index in [0.29, 0.717) is 38.7 Å². The van der Waals surface area contributed by atoms with Crippen LogP contribution in [0.1, 0.15) is 57.3 Å². The largest absolute Gasteiger partial charge is 0.435 e. The van der Waals surface area contributed by atoms with Crippen LogP contribution in [0.3, 0.4) is 0 Å². The number of nitrogens with zero attached hydrogens (tertiary/aromatic N) is 4. The van der Waals surface area contributed by atoms with Gasteiger partial charge in [0.05, 0.1) is 34.7 Å². The molecule has 0 aromatic heterocycles. The Balaban J connectivity index is 0.000000204. The lowest BCUT2D eigenvalue weighted by Crippen LogP contribution is -2.42. The first-order chi connectivity index (χ1) is 24.9. The van der Waals surface area contributed by atoms with Crippen LogP contribution in [0.2, 0.25) is 20.1 Å². The molecule has 17 heteroatoms. The second-order valence-electron chi connectivity index (χ2n) is 11.8. The lowest BCUT2D eigenvalue weighted by Gasteiger charge is -2.29. The van der Waals surface area contributed by atoms with Crippen LogP contribution in [-0.4, -0.2) is 23.8 Å². The molecule has 0 saturated carbocycles. The molecule has 0 bridgehead atoms. The number of benzene rings is 4. The summed E-state index contributed by atoms with van der Waals surface area (Å²) >= 11 is 26.8. The van der Waals surface area contributed by atoms with Crippen molar-refractivity contribution in [3.63, 3.8) is 0 Å². The summed E-state index contributed by atoms with van der Waals surface area (Å²) in [5, 5.41) is 26.1. The molecule has 6 nitrogen and oxygen atoms in total. The van der Waals surface area contributed by atoms with Gasteiger partial charge >= 0.3 is 12.4 Å². The molecule has 2 aliphatic rings. The Morgan fingerprint density at radius 2 is 1.06 bits per heavy atom. The van der Waals surface area contributed by atoms with Crippen molar-refractivity contribution in [1.29, 1.82) is 10.5 Å². The average molecular weight is 877 g/mol. The van der Waals surface area contributed by atoms with Crippen molar-refractivity contribution in [3.8, 4) is 12.1 Å². The van der Waals surface area contributed by atoms with E-state index in [4.69, 9.17) is 66.6 Å². The molecule has 2 heterocycles. The molecule has 0 aliphatic carbocycles. The molecule has 0 saturated heterocycles. The summed E-state index contributed by atoms with van der Waals surface area (Å²) in [4.78, 5) is 9.91. The molecule has 0 N–H and O–H groups in total. The van der Waals surface area contributed by atoms with Gasteiger partial charge in [-0.05, 0) is 89.8 Å². The fourth-order valence-corrected chi connectivity index (χ4v) is 7.17. The zero-order valence-corrected chi connectivity index (χ0v) is 31.4. The van der Waals surface area contributed by atoms with E-state index < -0.39 is 36.4 Å². The molecular formula is C36H21BrCl4F6N4O2. The maximum atomic E-state index is 14.0. The van der Waals surface area contributed by atoms with Crippen LogP contribution in [0.25, 0.3) is 0 Å². The van der Waals surface area contributed by atoms with Crippen LogP contribution < -0.4 is 0 Å². The normalized spacial score (nSPS) is 19.5. The summed E-state index contributed by atoms with van der Waals surface area (Å²) in [6, 6.07) is 20.8. The van der Waals surface area contributed by atoms with Crippen molar-refractivity contribution in [2.45, 2.75) is 48.7 Å². The van der Waals surface area contributed by atoms with Crippen LogP contribution in [0, 0.1) is 29.6 Å². The number of alkyl halides is 7. The molecule has 0 spiro atoms. The molecule has 0 radical (unpaired) electrons. The van der Waals surface area contributed by atoms with Crippen molar-refractivity contribution < 1.29 is 36.0 Å². The highest BCUT2D eigenvalue weighted by Crippen LogP contribution is 2.51. The van der Waals surface area contributed by atoms with Gasteiger partial charge in [0.2, 0.25) is 0 Å². The SMILES string of the molecule is Cc1cc(C2=NOC(c3cc(Cl)cc(Cl)c3)(C(F)(F)F)C2)ccc1C#N.N#Cc1ccc(C2=NOC(c3cc(Cl)cc(Cl)c3)(C(F)(F)F)C2)cc1CBr. The molecule has 274 valence electrons. The summed E-state index contributed by atoms with van der Waals surface area (Å²) in [5.41, 5.74) is -2.47. The van der Waals surface area contributed by atoms with Gasteiger partial charge in [-0.25, -0.2) is 0 Å². The second kappa shape index (κ2) is 15.4. The topological polar surface area (TPSA) is 90.8 Å². The van der Waals surface area contributed by atoms with Crippen molar-refractivity contribution in [1.82, 2.24) is 0 Å². The Morgan fingerprint density at radius 1 is 0.660 bits per heavy atom. The van der Waals surface area contributed by atoms with Gasteiger partial charge in [0.15, 0.2) is 0 Å². The molecule has 4 aromatic rings. The standard InChI is InChI=1S/C18H10BrCl2F3N2O.C18H11Cl2F3N2O/c19-8-12-3-10(1-2-11(12)9-25)16-7-17(27-26-16,18(22,23)24)13-4-14(20)6-15(21)5-13;1-10-4-11(2-3-12(10)9-24)16-8-17(26-25-16,18(21,22)23)13-5-14(19)7-15(20)6-13/h1-6H,7-8H2;2-7H,8H2,1H3. The van der Waals surface area contributed by atoms with E-state index in [2.05, 4.69) is 26.2 Å². The van der Waals surface area contributed by atoms with E-state index >= 15 is 0 Å². The Kier molecular flexibility index (Phi) is 11.7. The van der Waals surface area contributed by atoms with Gasteiger partial charge in [0.1, 0.15) is 0 Å². The first-order valence-corrected chi connectivity index (χ1v) is 17.7. The molecule has 0 amide bonds. The molecule has 53 heavy (non-hydrogen) atoms. The highest BCUT2D eigenvalue weighted by atomic mass is 79.9. The van der Waals surface area contributed by atoms with E-state index in [1.54, 1.807) is 31.2 Å². The number of nitriles is 2. The zero-order chi connectivity index (χ0) is 38.9. The Morgan fingerprint density at radius 3 is 1.42 bits per heavy atom. The van der Waals surface area contributed by atoms with E-state index in [-0.39, 0.29) is 42.6 Å². The summed E-state index contributed by atoms with van der Waals surface area (Å²) < 4.78 is 83.7. The van der Waals surface area contributed by atoms with Gasteiger partial charge in [-0.15, -0.1) is 0 Å². The monoisotopic (exact) mass is 874 g/mol. The number of halogens is 11. The predicted octanol–water partition coefficient (Wildman–Crippen LogP) is 12.1. The third kappa shape index (κ3) is 8.10. The number of hydrogen-bond acceptors (Lipinski definition) is 6. The fourth-order valence-electron chi connectivity index (χ4n) is 5.65. The lowest BCUT2D eigenvalue weighted by molar-refractivity contribution is -0.276. The number of rotatable bonds is 5. The van der Waals surface area contributed by atoms with E-state index in [1.807, 2.05) is 12.1 Å². The van der Waals surface area contributed by atoms with Crippen LogP contribution in [0.5, 0.6) is 0 Å². The first-order valence-electron chi connectivity index (χ1n) is 15.0. The molecule has 6 rings (SSSR count). The molecule has 2 atom stereocenters. The molecule has 0 fully saturated rings. The summed E-state index contributed by atoms with van der Waals surface area (Å²) in [7, 11) is 0. The molecule has 4 aromatic carbocycles. The van der Waals surface area contributed by atoms with Crippen LogP contribution in [-0.2, 0) is 26.2 Å². The van der Waals surface area contributed by atoms with Gasteiger partial charge < -0.3 is 9.68 Å². The van der Waals surface area contributed by atoms with Crippen molar-refractivity contribution in [2.24, 2.45) is 10.3 Å². The third-order valence-electron chi connectivity index (χ3n) is 8.41. The van der Waals surface area contributed by atoms with E-state index in [0.717, 1.165) is 0 Å².